The lowest BCUT2D eigenvalue weighted by atomic mass is 9.43. The second-order valence-corrected chi connectivity index (χ2v) is 17.2. The number of rotatable bonds is 10. The number of likely N-dealkylation sites (tertiary alicyclic amines) is 2. The monoisotopic (exact) mass is 710 g/mol. The molecule has 4 bridgehead atoms. The minimum atomic E-state index is -0.871. The molecule has 3 amide bonds. The topological polar surface area (TPSA) is 93.2 Å². The predicted molar refractivity (Wildman–Crippen MR) is 199 cm³/mol. The number of nitrogens with zero attached hydrogens (tertiary/aromatic N) is 3. The number of β-amino-alcohol motifs (C(OH)–C–C–N with tert-alkyl or cyclic N) is 1. The Hall–Kier alpha value is -3.46. The molecule has 0 radical (unpaired) electrons. The Labute approximate surface area is 306 Å². The molecule has 6 aliphatic rings. The number of hydrogen-bond donors (Lipinski definition) is 2. The van der Waals surface area contributed by atoms with Crippen molar-refractivity contribution in [1.82, 2.24) is 20.0 Å². The molecular weight excluding hydrogens is 660 g/mol. The maximum absolute atomic E-state index is 14.9. The summed E-state index contributed by atoms with van der Waals surface area (Å²) in [7, 11) is 1.73. The molecule has 2 heterocycles. The normalized spacial score (nSPS) is 30.5. The van der Waals surface area contributed by atoms with Crippen molar-refractivity contribution in [3.8, 4) is 0 Å². The maximum Gasteiger partial charge on any atom is 0.245 e. The molecule has 2 saturated heterocycles. The molecule has 4 aliphatic carbocycles. The molecule has 9 rings (SSSR count). The average Bonchev–Trinajstić information content (AvgIpc) is 3.76. The predicted octanol–water partition coefficient (Wildman–Crippen LogP) is 5.82. The number of halogens is 1. The Kier molecular flexibility index (Phi) is 9.39. The highest BCUT2D eigenvalue weighted by atomic mass is 35.5. The molecule has 51 heavy (non-hydrogen) atoms. The van der Waals surface area contributed by atoms with E-state index in [-0.39, 0.29) is 42.5 Å². The molecule has 6 fully saturated rings. The second kappa shape index (κ2) is 13.8. The highest BCUT2D eigenvalue weighted by Gasteiger charge is 2.62. The van der Waals surface area contributed by atoms with Crippen LogP contribution in [0, 0.1) is 22.7 Å². The molecule has 0 aromatic heterocycles. The molecule has 3 aromatic carbocycles. The van der Waals surface area contributed by atoms with E-state index in [0.29, 0.717) is 23.4 Å². The van der Waals surface area contributed by atoms with Crippen LogP contribution in [0.25, 0.3) is 10.8 Å². The Morgan fingerprint density at radius 1 is 0.941 bits per heavy atom. The van der Waals surface area contributed by atoms with Crippen LogP contribution in [0.3, 0.4) is 0 Å². The van der Waals surface area contributed by atoms with Gasteiger partial charge in [0.15, 0.2) is 0 Å². The van der Waals surface area contributed by atoms with Gasteiger partial charge in [-0.25, -0.2) is 0 Å². The smallest absolute Gasteiger partial charge is 0.245 e. The van der Waals surface area contributed by atoms with E-state index in [1.807, 2.05) is 48.5 Å². The van der Waals surface area contributed by atoms with E-state index in [1.165, 1.54) is 32.1 Å². The molecule has 2 N–H and O–H groups in total. The van der Waals surface area contributed by atoms with Gasteiger partial charge in [0.25, 0.3) is 0 Å². The van der Waals surface area contributed by atoms with E-state index in [0.717, 1.165) is 60.8 Å². The maximum atomic E-state index is 14.9. The van der Waals surface area contributed by atoms with E-state index in [9.17, 15) is 19.5 Å². The number of amides is 3. The third kappa shape index (κ3) is 6.92. The summed E-state index contributed by atoms with van der Waals surface area (Å²) in [4.78, 5) is 49.3. The SMILES string of the molecule is CN(Cc1ccccc1Cl)C(=O)C(Cc1ccc2ccccc2c1)NC(=O)C1C[C@@H](O)CN1C(=O)C12CC3CC(CC(CN4CCCC4)(C3)C1)C2. The minimum absolute atomic E-state index is 0.0485. The number of carbonyl (C=O) groups is 3. The number of aliphatic hydroxyl groups is 1. The molecule has 5 atom stereocenters. The zero-order valence-corrected chi connectivity index (χ0v) is 30.5. The first-order valence-corrected chi connectivity index (χ1v) is 19.4. The van der Waals surface area contributed by atoms with Gasteiger partial charge in [0.2, 0.25) is 17.7 Å². The summed E-state index contributed by atoms with van der Waals surface area (Å²) < 4.78 is 0. The van der Waals surface area contributed by atoms with Crippen LogP contribution in [0.2, 0.25) is 5.02 Å². The fourth-order valence-corrected chi connectivity index (χ4v) is 11.4. The number of likely N-dealkylation sites (N-methyl/N-ethyl adjacent to an activating group) is 1. The van der Waals surface area contributed by atoms with E-state index in [2.05, 4.69) is 22.3 Å². The molecule has 8 nitrogen and oxygen atoms in total. The summed E-state index contributed by atoms with van der Waals surface area (Å²) in [5, 5.41) is 16.8. The molecule has 270 valence electrons. The number of hydrogen-bond acceptors (Lipinski definition) is 5. The number of fused-ring (bicyclic) bond motifs is 1. The number of carbonyl (C=O) groups excluding carboxylic acids is 3. The zero-order valence-electron chi connectivity index (χ0n) is 29.7. The van der Waals surface area contributed by atoms with Crippen molar-refractivity contribution in [3.63, 3.8) is 0 Å². The van der Waals surface area contributed by atoms with Gasteiger partial charge in [-0.05, 0) is 110 Å². The molecule has 9 heteroatoms. The zero-order chi connectivity index (χ0) is 35.3. The van der Waals surface area contributed by atoms with Gasteiger partial charge < -0.3 is 25.1 Å². The van der Waals surface area contributed by atoms with Crippen LogP contribution < -0.4 is 5.32 Å². The van der Waals surface area contributed by atoms with Crippen molar-refractivity contribution < 1.29 is 19.5 Å². The summed E-state index contributed by atoms with van der Waals surface area (Å²) in [6.07, 6.45) is 8.50. The first-order chi connectivity index (χ1) is 24.6. The standard InChI is InChI=1S/C42H51ClN4O4/c1-45(24-33-10-4-5-11-35(33)43)39(50)36(18-28-12-13-31-8-2-3-9-32(31)17-28)44-38(49)37-19-34(48)25-47(37)40(51)42-22-29-16-30(23-42)21-41(20-29,26-42)27-46-14-6-7-15-46/h2-5,8-13,17,29-30,34,36-37,48H,6-7,14-16,18-27H2,1H3,(H,44,49)/t29?,30?,34-,36?,37?,41?,42?/m1/s1. The van der Waals surface area contributed by atoms with Crippen molar-refractivity contribution >= 4 is 40.1 Å². The largest absolute Gasteiger partial charge is 0.391 e. The van der Waals surface area contributed by atoms with Crippen LogP contribution >= 0.6 is 11.6 Å². The van der Waals surface area contributed by atoms with Gasteiger partial charge in [-0.15, -0.1) is 0 Å². The Morgan fingerprint density at radius 3 is 2.39 bits per heavy atom. The molecule has 2 aliphatic heterocycles. The fourth-order valence-electron chi connectivity index (χ4n) is 11.2. The number of aliphatic hydroxyl groups excluding tert-OH is 1. The van der Waals surface area contributed by atoms with Crippen LogP contribution in [-0.2, 0) is 27.3 Å². The lowest BCUT2D eigenvalue weighted by Gasteiger charge is -2.62. The molecule has 3 aromatic rings. The molecule has 0 spiro atoms. The third-order valence-electron chi connectivity index (χ3n) is 12.8. The summed E-state index contributed by atoms with van der Waals surface area (Å²) >= 11 is 6.46. The van der Waals surface area contributed by atoms with Crippen molar-refractivity contribution in [2.24, 2.45) is 22.7 Å². The van der Waals surface area contributed by atoms with Gasteiger partial charge >= 0.3 is 0 Å². The third-order valence-corrected chi connectivity index (χ3v) is 13.2. The number of nitrogens with one attached hydrogen (secondary N) is 1. The van der Waals surface area contributed by atoms with Crippen molar-refractivity contribution in [2.45, 2.75) is 88.9 Å². The van der Waals surface area contributed by atoms with E-state index in [4.69, 9.17) is 11.6 Å². The summed E-state index contributed by atoms with van der Waals surface area (Å²) in [6, 6.07) is 19.9. The lowest BCUT2D eigenvalue weighted by molar-refractivity contribution is -0.172. The lowest BCUT2D eigenvalue weighted by Crippen LogP contribution is -2.62. The average molecular weight is 711 g/mol. The van der Waals surface area contributed by atoms with Crippen LogP contribution in [0.4, 0.5) is 0 Å². The fraction of sp³-hybridized carbons (Fsp3) is 0.548. The molecule has 4 unspecified atom stereocenters. The highest BCUT2D eigenvalue weighted by molar-refractivity contribution is 6.31. The Balaban J connectivity index is 1.03. The Bertz CT molecular complexity index is 1790. The van der Waals surface area contributed by atoms with Crippen molar-refractivity contribution in [1.29, 1.82) is 0 Å². The van der Waals surface area contributed by atoms with Crippen molar-refractivity contribution in [2.75, 3.05) is 33.2 Å². The van der Waals surface area contributed by atoms with E-state index in [1.54, 1.807) is 22.9 Å². The van der Waals surface area contributed by atoms with Crippen LogP contribution in [0.1, 0.15) is 68.9 Å². The van der Waals surface area contributed by atoms with Crippen LogP contribution in [0.15, 0.2) is 66.7 Å². The molecule has 4 saturated carbocycles. The quantitative estimate of drug-likeness (QED) is 0.277. The van der Waals surface area contributed by atoms with Gasteiger partial charge in [0.05, 0.1) is 11.5 Å². The highest BCUT2D eigenvalue weighted by Crippen LogP contribution is 2.66. The van der Waals surface area contributed by atoms with Crippen LogP contribution in [-0.4, -0.2) is 88.9 Å². The first kappa shape index (κ1) is 34.6. The van der Waals surface area contributed by atoms with Gasteiger partial charge in [-0.3, -0.25) is 14.4 Å². The summed E-state index contributed by atoms with van der Waals surface area (Å²) in [5.41, 5.74) is 1.44. The van der Waals surface area contributed by atoms with Gasteiger partial charge in [-0.1, -0.05) is 72.3 Å². The Morgan fingerprint density at radius 2 is 1.65 bits per heavy atom. The van der Waals surface area contributed by atoms with Gasteiger partial charge in [0, 0.05) is 44.5 Å². The van der Waals surface area contributed by atoms with Crippen molar-refractivity contribution in [3.05, 3.63) is 82.9 Å². The molecular formula is C42H51ClN4O4. The van der Waals surface area contributed by atoms with E-state index < -0.39 is 23.6 Å². The number of benzene rings is 3. The first-order valence-electron chi connectivity index (χ1n) is 19.1. The minimum Gasteiger partial charge on any atom is -0.391 e. The summed E-state index contributed by atoms with van der Waals surface area (Å²) in [6.45, 7) is 3.85. The van der Waals surface area contributed by atoms with Gasteiger partial charge in [0.1, 0.15) is 12.1 Å². The van der Waals surface area contributed by atoms with Crippen LogP contribution in [0.5, 0.6) is 0 Å². The summed E-state index contributed by atoms with van der Waals surface area (Å²) in [5.74, 6) is 0.539. The van der Waals surface area contributed by atoms with E-state index >= 15 is 0 Å². The van der Waals surface area contributed by atoms with Gasteiger partial charge in [-0.2, -0.15) is 0 Å². The second-order valence-electron chi connectivity index (χ2n) is 16.8.